The molecule has 4 rings (SSSR count). The van der Waals surface area contributed by atoms with Crippen molar-refractivity contribution in [2.24, 2.45) is 5.92 Å². The molecule has 0 saturated carbocycles. The fourth-order valence-electron chi connectivity index (χ4n) is 3.94. The van der Waals surface area contributed by atoms with Crippen molar-refractivity contribution in [2.75, 3.05) is 26.2 Å². The van der Waals surface area contributed by atoms with Crippen LogP contribution in [0.25, 0.3) is 0 Å². The zero-order valence-electron chi connectivity index (χ0n) is 15.7. The van der Waals surface area contributed by atoms with Gasteiger partial charge < -0.3 is 4.90 Å². The Bertz CT molecular complexity index is 995. The van der Waals surface area contributed by atoms with Gasteiger partial charge in [-0.25, -0.2) is 12.8 Å². The predicted octanol–water partition coefficient (Wildman–Crippen LogP) is 3.16. The molecule has 1 aliphatic carbocycles. The van der Waals surface area contributed by atoms with Gasteiger partial charge in [0.25, 0.3) is 5.91 Å². The van der Waals surface area contributed by atoms with Crippen LogP contribution in [0.2, 0.25) is 0 Å². The van der Waals surface area contributed by atoms with Crippen LogP contribution >= 0.6 is 11.3 Å². The maximum absolute atomic E-state index is 13.4. The van der Waals surface area contributed by atoms with Gasteiger partial charge in [-0.2, -0.15) is 4.31 Å². The number of carbonyl (C=O) groups is 1. The molecule has 1 aromatic heterocycles. The first-order valence-electron chi connectivity index (χ1n) is 9.50. The average Bonchev–Trinajstić information content (AvgIpc) is 3.10. The number of hydrogen-bond donors (Lipinski definition) is 0. The van der Waals surface area contributed by atoms with Gasteiger partial charge in [0.1, 0.15) is 5.82 Å². The van der Waals surface area contributed by atoms with Crippen LogP contribution in [0.1, 0.15) is 34.1 Å². The second kappa shape index (κ2) is 7.57. The quantitative estimate of drug-likeness (QED) is 0.764. The van der Waals surface area contributed by atoms with Gasteiger partial charge in [-0.15, -0.1) is 11.3 Å². The Balaban J connectivity index is 1.45. The summed E-state index contributed by atoms with van der Waals surface area (Å²) < 4.78 is 40.2. The standard InChI is InChI=1S/C20H23FN2O3S2/c1-14-5-6-17-18(13-27-19(17)11-14)20(24)22-7-9-23(10-8-22)28(25,26)16-4-2-3-15(21)12-16/h2-4,12-14H,5-11H2,1H3. The van der Waals surface area contributed by atoms with Gasteiger partial charge in [0.2, 0.25) is 10.0 Å². The van der Waals surface area contributed by atoms with Gasteiger partial charge in [0.15, 0.2) is 0 Å². The molecule has 1 fully saturated rings. The second-order valence-electron chi connectivity index (χ2n) is 7.55. The largest absolute Gasteiger partial charge is 0.336 e. The third kappa shape index (κ3) is 3.60. The summed E-state index contributed by atoms with van der Waals surface area (Å²) in [5.41, 5.74) is 1.97. The maximum Gasteiger partial charge on any atom is 0.255 e. The van der Waals surface area contributed by atoms with E-state index in [9.17, 15) is 17.6 Å². The fourth-order valence-corrected chi connectivity index (χ4v) is 6.63. The predicted molar refractivity (Wildman–Crippen MR) is 107 cm³/mol. The van der Waals surface area contributed by atoms with Crippen LogP contribution in [0.15, 0.2) is 34.5 Å². The van der Waals surface area contributed by atoms with E-state index in [1.54, 1.807) is 16.2 Å². The summed E-state index contributed by atoms with van der Waals surface area (Å²) in [6, 6.07) is 5.04. The summed E-state index contributed by atoms with van der Waals surface area (Å²) in [5, 5.41) is 1.96. The smallest absolute Gasteiger partial charge is 0.255 e. The number of sulfonamides is 1. The third-order valence-electron chi connectivity index (χ3n) is 5.59. The van der Waals surface area contributed by atoms with Gasteiger partial charge in [-0.1, -0.05) is 13.0 Å². The van der Waals surface area contributed by atoms with E-state index in [0.29, 0.717) is 19.0 Å². The van der Waals surface area contributed by atoms with E-state index >= 15 is 0 Å². The zero-order chi connectivity index (χ0) is 19.9. The summed E-state index contributed by atoms with van der Waals surface area (Å²) >= 11 is 1.66. The molecule has 8 heteroatoms. The molecular formula is C20H23FN2O3S2. The SMILES string of the molecule is CC1CCc2c(C(=O)N3CCN(S(=O)(=O)c4cccc(F)c4)CC3)csc2C1. The van der Waals surface area contributed by atoms with Crippen LogP contribution < -0.4 is 0 Å². The van der Waals surface area contributed by atoms with Crippen molar-refractivity contribution in [1.29, 1.82) is 0 Å². The first-order valence-corrected chi connectivity index (χ1v) is 11.8. The van der Waals surface area contributed by atoms with Crippen molar-refractivity contribution in [1.82, 2.24) is 9.21 Å². The summed E-state index contributed by atoms with van der Waals surface area (Å²) in [5.74, 6) is 0.0759. The fraction of sp³-hybridized carbons (Fsp3) is 0.450. The van der Waals surface area contributed by atoms with Crippen LogP contribution in [0.5, 0.6) is 0 Å². The van der Waals surface area contributed by atoms with E-state index in [-0.39, 0.29) is 23.9 Å². The van der Waals surface area contributed by atoms with Gasteiger partial charge in [-0.3, -0.25) is 4.79 Å². The summed E-state index contributed by atoms with van der Waals surface area (Å²) in [7, 11) is -3.75. The maximum atomic E-state index is 13.4. The molecule has 1 saturated heterocycles. The molecule has 1 amide bonds. The lowest BCUT2D eigenvalue weighted by molar-refractivity contribution is 0.0697. The Labute approximate surface area is 168 Å². The third-order valence-corrected chi connectivity index (χ3v) is 8.54. The number of thiophene rings is 1. The van der Waals surface area contributed by atoms with Crippen molar-refractivity contribution in [3.63, 3.8) is 0 Å². The number of benzene rings is 1. The van der Waals surface area contributed by atoms with E-state index in [4.69, 9.17) is 0 Å². The van der Waals surface area contributed by atoms with E-state index < -0.39 is 15.8 Å². The molecule has 1 aliphatic heterocycles. The minimum absolute atomic E-state index is 0.00476. The average molecular weight is 423 g/mol. The van der Waals surface area contributed by atoms with E-state index in [1.165, 1.54) is 32.9 Å². The number of halogens is 1. The van der Waals surface area contributed by atoms with E-state index in [1.807, 2.05) is 5.38 Å². The highest BCUT2D eigenvalue weighted by atomic mass is 32.2. The summed E-state index contributed by atoms with van der Waals surface area (Å²) in [4.78, 5) is 16.0. The molecule has 5 nitrogen and oxygen atoms in total. The zero-order valence-corrected chi connectivity index (χ0v) is 17.4. The first kappa shape index (κ1) is 19.5. The Morgan fingerprint density at radius 2 is 1.96 bits per heavy atom. The lowest BCUT2D eigenvalue weighted by Gasteiger charge is -2.34. The molecule has 2 aromatic rings. The molecule has 0 bridgehead atoms. The monoisotopic (exact) mass is 422 g/mol. The van der Waals surface area contributed by atoms with Crippen LogP contribution in [0, 0.1) is 11.7 Å². The molecule has 0 spiro atoms. The number of hydrogen-bond acceptors (Lipinski definition) is 4. The molecule has 1 atom stereocenters. The molecule has 0 N–H and O–H groups in total. The van der Waals surface area contributed by atoms with E-state index in [2.05, 4.69) is 6.92 Å². The Morgan fingerprint density at radius 3 is 2.68 bits per heavy atom. The van der Waals surface area contributed by atoms with Crippen molar-refractivity contribution in [3.05, 3.63) is 51.5 Å². The Kier molecular flexibility index (Phi) is 5.28. The number of amides is 1. The van der Waals surface area contributed by atoms with Crippen molar-refractivity contribution < 1.29 is 17.6 Å². The molecule has 1 aromatic carbocycles. The molecule has 150 valence electrons. The van der Waals surface area contributed by atoms with Gasteiger partial charge in [0, 0.05) is 36.4 Å². The number of carbonyl (C=O) groups excluding carboxylic acids is 1. The van der Waals surface area contributed by atoms with Crippen LogP contribution in [-0.4, -0.2) is 49.7 Å². The Hall–Kier alpha value is -1.77. The lowest BCUT2D eigenvalue weighted by atomic mass is 9.88. The Morgan fingerprint density at radius 1 is 1.21 bits per heavy atom. The number of fused-ring (bicyclic) bond motifs is 1. The van der Waals surface area contributed by atoms with Crippen molar-refractivity contribution in [2.45, 2.75) is 31.1 Å². The van der Waals surface area contributed by atoms with Gasteiger partial charge >= 0.3 is 0 Å². The molecule has 0 radical (unpaired) electrons. The lowest BCUT2D eigenvalue weighted by Crippen LogP contribution is -2.50. The molecule has 2 heterocycles. The molecule has 2 aliphatic rings. The van der Waals surface area contributed by atoms with E-state index in [0.717, 1.165) is 30.9 Å². The molecular weight excluding hydrogens is 399 g/mol. The minimum Gasteiger partial charge on any atom is -0.336 e. The van der Waals surface area contributed by atoms with Gasteiger partial charge in [0.05, 0.1) is 10.5 Å². The number of rotatable bonds is 3. The number of nitrogens with zero attached hydrogens (tertiary/aromatic N) is 2. The highest BCUT2D eigenvalue weighted by Crippen LogP contribution is 2.33. The minimum atomic E-state index is -3.75. The van der Waals surface area contributed by atoms with Crippen LogP contribution in [0.4, 0.5) is 4.39 Å². The van der Waals surface area contributed by atoms with Crippen molar-refractivity contribution >= 4 is 27.3 Å². The van der Waals surface area contributed by atoms with Crippen LogP contribution in [0.3, 0.4) is 0 Å². The summed E-state index contributed by atoms with van der Waals surface area (Å²) in [6.07, 6.45) is 3.07. The highest BCUT2D eigenvalue weighted by molar-refractivity contribution is 7.89. The molecule has 28 heavy (non-hydrogen) atoms. The second-order valence-corrected chi connectivity index (χ2v) is 10.5. The molecule has 1 unspecified atom stereocenters. The first-order chi connectivity index (χ1) is 13.4. The number of piperazine rings is 1. The normalized spacial score (nSPS) is 20.8. The highest BCUT2D eigenvalue weighted by Gasteiger charge is 2.32. The summed E-state index contributed by atoms with van der Waals surface area (Å²) in [6.45, 7) is 3.35. The topological polar surface area (TPSA) is 57.7 Å². The van der Waals surface area contributed by atoms with Crippen molar-refractivity contribution in [3.8, 4) is 0 Å². The van der Waals surface area contributed by atoms with Gasteiger partial charge in [-0.05, 0) is 48.9 Å². The van der Waals surface area contributed by atoms with Crippen LogP contribution in [-0.2, 0) is 22.9 Å².